The summed E-state index contributed by atoms with van der Waals surface area (Å²) in [5.41, 5.74) is -1.82. The highest BCUT2D eigenvalue weighted by Gasteiger charge is 2.30. The second-order valence-corrected chi connectivity index (χ2v) is 4.05. The summed E-state index contributed by atoms with van der Waals surface area (Å²) in [6.45, 7) is 0. The molecule has 2 rings (SSSR count). The van der Waals surface area contributed by atoms with Crippen LogP contribution in [-0.4, -0.2) is 6.29 Å². The van der Waals surface area contributed by atoms with Gasteiger partial charge in [-0.05, 0) is 23.8 Å². The van der Waals surface area contributed by atoms with Crippen LogP contribution in [0.4, 0.5) is 22.0 Å². The van der Waals surface area contributed by atoms with Crippen LogP contribution in [0.1, 0.15) is 15.9 Å². The SMILES string of the molecule is O=Cc1cc(F)cc(F)c1-c1cccc(C(F)(F)F)c1. The lowest BCUT2D eigenvalue weighted by Gasteiger charge is -2.11. The normalized spacial score (nSPS) is 11.4. The average Bonchev–Trinajstić information content (AvgIpc) is 2.36. The zero-order chi connectivity index (χ0) is 14.9. The Bertz CT molecular complexity index is 661. The van der Waals surface area contributed by atoms with Gasteiger partial charge in [-0.15, -0.1) is 0 Å². The number of rotatable bonds is 2. The highest BCUT2D eigenvalue weighted by Crippen LogP contribution is 2.34. The van der Waals surface area contributed by atoms with E-state index >= 15 is 0 Å². The van der Waals surface area contributed by atoms with Crippen molar-refractivity contribution >= 4 is 6.29 Å². The van der Waals surface area contributed by atoms with Gasteiger partial charge in [-0.3, -0.25) is 4.79 Å². The topological polar surface area (TPSA) is 17.1 Å². The Morgan fingerprint density at radius 2 is 1.70 bits per heavy atom. The molecule has 0 atom stereocenters. The minimum absolute atomic E-state index is 0.139. The summed E-state index contributed by atoms with van der Waals surface area (Å²) in [5, 5.41) is 0. The molecule has 1 nitrogen and oxygen atoms in total. The third-order valence-corrected chi connectivity index (χ3v) is 2.69. The molecular weight excluding hydrogens is 279 g/mol. The lowest BCUT2D eigenvalue weighted by atomic mass is 9.98. The molecule has 0 heterocycles. The Morgan fingerprint density at radius 3 is 2.30 bits per heavy atom. The van der Waals surface area contributed by atoms with Crippen molar-refractivity contribution in [2.24, 2.45) is 0 Å². The maximum atomic E-state index is 13.7. The van der Waals surface area contributed by atoms with Gasteiger partial charge in [0.1, 0.15) is 11.6 Å². The van der Waals surface area contributed by atoms with Gasteiger partial charge >= 0.3 is 6.18 Å². The van der Waals surface area contributed by atoms with Gasteiger partial charge < -0.3 is 0 Å². The number of alkyl halides is 3. The molecule has 0 radical (unpaired) electrons. The van der Waals surface area contributed by atoms with E-state index in [9.17, 15) is 26.7 Å². The van der Waals surface area contributed by atoms with Crippen LogP contribution in [0.5, 0.6) is 0 Å². The van der Waals surface area contributed by atoms with E-state index in [2.05, 4.69) is 0 Å². The lowest BCUT2D eigenvalue weighted by Crippen LogP contribution is -2.05. The minimum atomic E-state index is -4.59. The van der Waals surface area contributed by atoms with Crippen LogP contribution in [0.2, 0.25) is 0 Å². The van der Waals surface area contributed by atoms with Gasteiger partial charge in [-0.1, -0.05) is 12.1 Å². The molecule has 0 bridgehead atoms. The van der Waals surface area contributed by atoms with Gasteiger partial charge in [0.25, 0.3) is 0 Å². The fourth-order valence-corrected chi connectivity index (χ4v) is 1.84. The number of hydrogen-bond acceptors (Lipinski definition) is 1. The smallest absolute Gasteiger partial charge is 0.298 e. The van der Waals surface area contributed by atoms with Crippen molar-refractivity contribution in [1.82, 2.24) is 0 Å². The molecule has 0 aromatic heterocycles. The highest BCUT2D eigenvalue weighted by atomic mass is 19.4. The summed E-state index contributed by atoms with van der Waals surface area (Å²) >= 11 is 0. The summed E-state index contributed by atoms with van der Waals surface area (Å²) in [6.07, 6.45) is -4.39. The Hall–Kier alpha value is -2.24. The van der Waals surface area contributed by atoms with Gasteiger partial charge in [0.15, 0.2) is 6.29 Å². The third-order valence-electron chi connectivity index (χ3n) is 2.69. The zero-order valence-corrected chi connectivity index (χ0v) is 9.84. The number of carbonyl (C=O) groups excluding carboxylic acids is 1. The van der Waals surface area contributed by atoms with Crippen molar-refractivity contribution in [3.05, 3.63) is 59.2 Å². The number of carbonyl (C=O) groups is 1. The third kappa shape index (κ3) is 2.68. The molecule has 2 aromatic carbocycles. The van der Waals surface area contributed by atoms with Gasteiger partial charge in [0, 0.05) is 17.2 Å². The largest absolute Gasteiger partial charge is 0.416 e. The molecule has 0 saturated heterocycles. The van der Waals surface area contributed by atoms with Crippen molar-refractivity contribution in [2.45, 2.75) is 6.18 Å². The minimum Gasteiger partial charge on any atom is -0.298 e. The standard InChI is InChI=1S/C14H7F5O/c15-11-5-9(7-20)13(12(16)6-11)8-2-1-3-10(4-8)14(17,18)19/h1-7H. The monoisotopic (exact) mass is 286 g/mol. The van der Waals surface area contributed by atoms with E-state index in [1.54, 1.807) is 0 Å². The van der Waals surface area contributed by atoms with Crippen molar-refractivity contribution in [1.29, 1.82) is 0 Å². The van der Waals surface area contributed by atoms with E-state index in [1.165, 1.54) is 6.07 Å². The molecule has 0 unspecified atom stereocenters. The Balaban J connectivity index is 2.66. The first-order valence-electron chi connectivity index (χ1n) is 5.45. The molecule has 20 heavy (non-hydrogen) atoms. The van der Waals surface area contributed by atoms with Gasteiger partial charge in [0.05, 0.1) is 5.56 Å². The highest BCUT2D eigenvalue weighted by molar-refractivity contribution is 5.88. The number of hydrogen-bond donors (Lipinski definition) is 0. The first-order chi connectivity index (χ1) is 9.32. The van der Waals surface area contributed by atoms with Crippen molar-refractivity contribution in [3.63, 3.8) is 0 Å². The maximum absolute atomic E-state index is 13.7. The van der Waals surface area contributed by atoms with Crippen molar-refractivity contribution < 1.29 is 26.7 Å². The van der Waals surface area contributed by atoms with Crippen molar-refractivity contribution in [2.75, 3.05) is 0 Å². The Morgan fingerprint density at radius 1 is 1.00 bits per heavy atom. The van der Waals surface area contributed by atoms with E-state index in [0.717, 1.165) is 18.2 Å². The first-order valence-corrected chi connectivity index (χ1v) is 5.45. The van der Waals surface area contributed by atoms with Crippen LogP contribution in [0.3, 0.4) is 0 Å². The van der Waals surface area contributed by atoms with Gasteiger partial charge in [0.2, 0.25) is 0 Å². The van der Waals surface area contributed by atoms with Crippen LogP contribution in [0.15, 0.2) is 36.4 Å². The van der Waals surface area contributed by atoms with Crippen molar-refractivity contribution in [3.8, 4) is 11.1 Å². The molecule has 0 aliphatic carbocycles. The molecule has 0 aliphatic rings. The average molecular weight is 286 g/mol. The lowest BCUT2D eigenvalue weighted by molar-refractivity contribution is -0.137. The summed E-state index contributed by atoms with van der Waals surface area (Å²) in [7, 11) is 0. The van der Waals surface area contributed by atoms with E-state index in [0.29, 0.717) is 12.1 Å². The van der Waals surface area contributed by atoms with Crippen LogP contribution in [0, 0.1) is 11.6 Å². The molecule has 0 fully saturated rings. The molecule has 2 aromatic rings. The zero-order valence-electron chi connectivity index (χ0n) is 9.84. The van der Waals surface area contributed by atoms with Crippen LogP contribution >= 0.6 is 0 Å². The number of halogens is 5. The summed E-state index contributed by atoms with van der Waals surface area (Å²) in [4.78, 5) is 10.8. The molecule has 0 spiro atoms. The summed E-state index contributed by atoms with van der Waals surface area (Å²) < 4.78 is 64.6. The first kappa shape index (κ1) is 14.2. The van der Waals surface area contributed by atoms with Crippen LogP contribution in [0.25, 0.3) is 11.1 Å². The summed E-state index contributed by atoms with van der Waals surface area (Å²) in [6, 6.07) is 5.14. The van der Waals surface area contributed by atoms with Crippen LogP contribution in [-0.2, 0) is 6.18 Å². The van der Waals surface area contributed by atoms with E-state index in [4.69, 9.17) is 0 Å². The quantitative estimate of drug-likeness (QED) is 0.588. The fraction of sp³-hybridized carbons (Fsp3) is 0.0714. The predicted molar refractivity (Wildman–Crippen MR) is 62.2 cm³/mol. The van der Waals surface area contributed by atoms with E-state index in [-0.39, 0.29) is 23.0 Å². The maximum Gasteiger partial charge on any atom is 0.416 e. The molecule has 104 valence electrons. The molecule has 6 heteroatoms. The van der Waals surface area contributed by atoms with Crippen LogP contribution < -0.4 is 0 Å². The molecule has 0 saturated carbocycles. The van der Waals surface area contributed by atoms with Gasteiger partial charge in [-0.2, -0.15) is 13.2 Å². The molecule has 0 N–H and O–H groups in total. The second-order valence-electron chi connectivity index (χ2n) is 4.05. The molecule has 0 amide bonds. The van der Waals surface area contributed by atoms with E-state index < -0.39 is 23.4 Å². The Kier molecular flexibility index (Phi) is 3.57. The van der Waals surface area contributed by atoms with Gasteiger partial charge in [-0.25, -0.2) is 8.78 Å². The fourth-order valence-electron chi connectivity index (χ4n) is 1.84. The van der Waals surface area contributed by atoms with E-state index in [1.807, 2.05) is 0 Å². The number of aldehydes is 1. The second kappa shape index (κ2) is 5.03. The predicted octanol–water partition coefficient (Wildman–Crippen LogP) is 4.46. The number of benzene rings is 2. The summed E-state index contributed by atoms with van der Waals surface area (Å²) in [5.74, 6) is -2.06. The Labute approximate surface area is 110 Å². The molecular formula is C14H7F5O. The molecule has 0 aliphatic heterocycles.